The number of aromatic nitrogens is 1. The molecule has 0 bridgehead atoms. The standard InChI is InChI=1S/C19H15ClN2O4/c1-11(23)26-17-15-13(20)9-6-10-14(15)22(2)19(25)16(17)18(24)21-12-7-4-3-5-8-12/h3-10H,1-2H3,(H,21,24). The Hall–Kier alpha value is -3.12. The predicted molar refractivity (Wildman–Crippen MR) is 99.9 cm³/mol. The van der Waals surface area contributed by atoms with Gasteiger partial charge < -0.3 is 14.6 Å². The number of fused-ring (bicyclic) bond motifs is 1. The van der Waals surface area contributed by atoms with E-state index >= 15 is 0 Å². The van der Waals surface area contributed by atoms with Crippen molar-refractivity contribution in [3.05, 3.63) is 69.5 Å². The molecule has 0 aliphatic carbocycles. The SMILES string of the molecule is CC(=O)Oc1c(C(=O)Nc2ccccc2)c(=O)n(C)c2cccc(Cl)c12. The highest BCUT2D eigenvalue weighted by molar-refractivity contribution is 6.36. The van der Waals surface area contributed by atoms with Gasteiger partial charge in [-0.15, -0.1) is 0 Å². The smallest absolute Gasteiger partial charge is 0.308 e. The summed E-state index contributed by atoms with van der Waals surface area (Å²) in [7, 11) is 1.53. The molecule has 0 atom stereocenters. The fraction of sp³-hybridized carbons (Fsp3) is 0.105. The molecule has 0 spiro atoms. The molecule has 3 aromatic rings. The lowest BCUT2D eigenvalue weighted by Gasteiger charge is -2.15. The van der Waals surface area contributed by atoms with Crippen molar-refractivity contribution in [1.82, 2.24) is 4.57 Å². The van der Waals surface area contributed by atoms with E-state index in [1.807, 2.05) is 0 Å². The van der Waals surface area contributed by atoms with Gasteiger partial charge in [-0.2, -0.15) is 0 Å². The summed E-state index contributed by atoms with van der Waals surface area (Å²) in [5.41, 5.74) is 0.0826. The van der Waals surface area contributed by atoms with E-state index in [1.165, 1.54) is 18.5 Å². The normalized spacial score (nSPS) is 10.6. The second-order valence-electron chi connectivity index (χ2n) is 5.62. The number of pyridine rings is 1. The molecule has 1 N–H and O–H groups in total. The van der Waals surface area contributed by atoms with E-state index < -0.39 is 17.4 Å². The van der Waals surface area contributed by atoms with Crippen LogP contribution < -0.4 is 15.6 Å². The van der Waals surface area contributed by atoms with Crippen LogP contribution in [0.3, 0.4) is 0 Å². The molecule has 0 aliphatic rings. The van der Waals surface area contributed by atoms with E-state index in [1.54, 1.807) is 48.5 Å². The van der Waals surface area contributed by atoms with Crippen LogP contribution in [-0.4, -0.2) is 16.4 Å². The predicted octanol–water partition coefficient (Wildman–Crippen LogP) is 3.37. The molecule has 132 valence electrons. The maximum atomic E-state index is 12.8. The van der Waals surface area contributed by atoms with Crippen LogP contribution in [0, 0.1) is 0 Å². The third-order valence-corrected chi connectivity index (χ3v) is 4.15. The number of anilines is 1. The monoisotopic (exact) mass is 370 g/mol. The number of nitrogens with zero attached hydrogens (tertiary/aromatic N) is 1. The van der Waals surface area contributed by atoms with Gasteiger partial charge in [0.2, 0.25) is 0 Å². The zero-order chi connectivity index (χ0) is 18.8. The summed E-state index contributed by atoms with van der Waals surface area (Å²) >= 11 is 6.27. The number of nitrogens with one attached hydrogen (secondary N) is 1. The first kappa shape index (κ1) is 17.7. The number of rotatable bonds is 3. The zero-order valence-corrected chi connectivity index (χ0v) is 14.8. The lowest BCUT2D eigenvalue weighted by Crippen LogP contribution is -2.29. The lowest BCUT2D eigenvalue weighted by molar-refractivity contribution is -0.131. The minimum absolute atomic E-state index is 0.144. The summed E-state index contributed by atoms with van der Waals surface area (Å²) in [5, 5.41) is 3.23. The Morgan fingerprint density at radius 2 is 1.77 bits per heavy atom. The van der Waals surface area contributed by atoms with Crippen molar-refractivity contribution in [2.45, 2.75) is 6.92 Å². The van der Waals surface area contributed by atoms with Gasteiger partial charge in [0.25, 0.3) is 11.5 Å². The second-order valence-corrected chi connectivity index (χ2v) is 6.02. The summed E-state index contributed by atoms with van der Waals surface area (Å²) in [6, 6.07) is 13.6. The zero-order valence-electron chi connectivity index (χ0n) is 14.1. The molecular formula is C19H15ClN2O4. The van der Waals surface area contributed by atoms with E-state index in [4.69, 9.17) is 16.3 Å². The van der Waals surface area contributed by atoms with Gasteiger partial charge in [-0.05, 0) is 24.3 Å². The Labute approximate surface area is 154 Å². The fourth-order valence-electron chi connectivity index (χ4n) is 2.68. The molecule has 2 aromatic carbocycles. The highest BCUT2D eigenvalue weighted by Gasteiger charge is 2.25. The molecule has 6 nitrogen and oxygen atoms in total. The van der Waals surface area contributed by atoms with E-state index in [0.29, 0.717) is 16.6 Å². The number of carbonyl (C=O) groups is 2. The van der Waals surface area contributed by atoms with Crippen molar-refractivity contribution in [2.24, 2.45) is 7.05 Å². The van der Waals surface area contributed by atoms with Crippen LogP contribution in [0.5, 0.6) is 5.75 Å². The van der Waals surface area contributed by atoms with Gasteiger partial charge in [-0.25, -0.2) is 0 Å². The number of para-hydroxylation sites is 1. The quantitative estimate of drug-likeness (QED) is 0.717. The van der Waals surface area contributed by atoms with Crippen LogP contribution in [0.1, 0.15) is 17.3 Å². The van der Waals surface area contributed by atoms with Gasteiger partial charge in [-0.3, -0.25) is 14.4 Å². The Balaban J connectivity index is 2.28. The van der Waals surface area contributed by atoms with Gasteiger partial charge in [0, 0.05) is 19.7 Å². The van der Waals surface area contributed by atoms with Crippen LogP contribution in [0.25, 0.3) is 10.9 Å². The largest absolute Gasteiger partial charge is 0.425 e. The maximum Gasteiger partial charge on any atom is 0.308 e. The molecule has 0 radical (unpaired) electrons. The number of carbonyl (C=O) groups excluding carboxylic acids is 2. The Bertz CT molecular complexity index is 1070. The number of halogens is 1. The average Bonchev–Trinajstić information content (AvgIpc) is 2.60. The number of hydrogen-bond donors (Lipinski definition) is 1. The van der Waals surface area contributed by atoms with Crippen molar-refractivity contribution < 1.29 is 14.3 Å². The van der Waals surface area contributed by atoms with E-state index in [-0.39, 0.29) is 16.3 Å². The number of ether oxygens (including phenoxy) is 1. The van der Waals surface area contributed by atoms with Crippen LogP contribution >= 0.6 is 11.6 Å². The molecule has 1 amide bonds. The van der Waals surface area contributed by atoms with E-state index in [2.05, 4.69) is 5.32 Å². The molecule has 0 aliphatic heterocycles. The molecule has 0 fully saturated rings. The number of aryl methyl sites for hydroxylation is 1. The Morgan fingerprint density at radius 1 is 1.08 bits per heavy atom. The minimum Gasteiger partial charge on any atom is -0.425 e. The summed E-state index contributed by atoms with van der Waals surface area (Å²) in [6.45, 7) is 1.19. The van der Waals surface area contributed by atoms with Crippen LogP contribution in [0.4, 0.5) is 5.69 Å². The number of esters is 1. The fourth-order valence-corrected chi connectivity index (χ4v) is 2.93. The summed E-state index contributed by atoms with van der Waals surface area (Å²) < 4.78 is 6.54. The molecule has 7 heteroatoms. The highest BCUT2D eigenvalue weighted by atomic mass is 35.5. The van der Waals surface area contributed by atoms with E-state index in [9.17, 15) is 14.4 Å². The molecule has 1 aromatic heterocycles. The minimum atomic E-state index is -0.685. The van der Waals surface area contributed by atoms with Gasteiger partial charge >= 0.3 is 5.97 Å². The Morgan fingerprint density at radius 3 is 2.42 bits per heavy atom. The maximum absolute atomic E-state index is 12.8. The van der Waals surface area contributed by atoms with Crippen molar-refractivity contribution >= 4 is 40.1 Å². The van der Waals surface area contributed by atoms with Crippen LogP contribution in [0.2, 0.25) is 5.02 Å². The van der Waals surface area contributed by atoms with Crippen molar-refractivity contribution in [1.29, 1.82) is 0 Å². The van der Waals surface area contributed by atoms with E-state index in [0.717, 1.165) is 0 Å². The molecular weight excluding hydrogens is 356 g/mol. The topological polar surface area (TPSA) is 77.4 Å². The van der Waals surface area contributed by atoms with Crippen LogP contribution in [-0.2, 0) is 11.8 Å². The highest BCUT2D eigenvalue weighted by Crippen LogP contribution is 2.33. The molecule has 0 saturated carbocycles. The van der Waals surface area contributed by atoms with Crippen molar-refractivity contribution in [3.8, 4) is 5.75 Å². The Kier molecular flexibility index (Phi) is 4.77. The number of benzene rings is 2. The molecule has 0 saturated heterocycles. The lowest BCUT2D eigenvalue weighted by atomic mass is 10.1. The molecule has 26 heavy (non-hydrogen) atoms. The van der Waals surface area contributed by atoms with Gasteiger partial charge in [0.15, 0.2) is 5.75 Å². The third kappa shape index (κ3) is 3.19. The number of amides is 1. The molecule has 3 rings (SSSR count). The van der Waals surface area contributed by atoms with Crippen molar-refractivity contribution in [2.75, 3.05) is 5.32 Å². The van der Waals surface area contributed by atoms with Crippen molar-refractivity contribution in [3.63, 3.8) is 0 Å². The molecule has 0 unspecified atom stereocenters. The third-order valence-electron chi connectivity index (χ3n) is 3.83. The average molecular weight is 371 g/mol. The summed E-state index contributed by atoms with van der Waals surface area (Å²) in [5.74, 6) is -1.49. The summed E-state index contributed by atoms with van der Waals surface area (Å²) in [6.07, 6.45) is 0. The number of hydrogen-bond acceptors (Lipinski definition) is 4. The second kappa shape index (κ2) is 7.01. The molecule has 1 heterocycles. The summed E-state index contributed by atoms with van der Waals surface area (Å²) in [4.78, 5) is 37.2. The van der Waals surface area contributed by atoms with Crippen LogP contribution in [0.15, 0.2) is 53.3 Å². The van der Waals surface area contributed by atoms with Gasteiger partial charge in [-0.1, -0.05) is 35.9 Å². The van der Waals surface area contributed by atoms with Gasteiger partial charge in [0.05, 0.1) is 15.9 Å². The first-order chi connectivity index (χ1) is 12.4. The first-order valence-electron chi connectivity index (χ1n) is 7.76. The first-order valence-corrected chi connectivity index (χ1v) is 8.14. The van der Waals surface area contributed by atoms with Gasteiger partial charge in [0.1, 0.15) is 5.56 Å².